The van der Waals surface area contributed by atoms with Crippen LogP contribution in [0.2, 0.25) is 0 Å². The second kappa shape index (κ2) is 9.97. The first kappa shape index (κ1) is 25.0. The van der Waals surface area contributed by atoms with Crippen LogP contribution >= 0.6 is 0 Å². The third-order valence-electron chi connectivity index (χ3n) is 8.42. The smallest absolute Gasteiger partial charge is 0.136 e. The quantitative estimate of drug-likeness (QED) is 0.129. The predicted molar refractivity (Wildman–Crippen MR) is 183 cm³/mol. The molecule has 0 saturated carbocycles. The van der Waals surface area contributed by atoms with Gasteiger partial charge in [-0.3, -0.25) is 0 Å². The molecule has 8 rings (SSSR count). The molecule has 1 N–H and O–H groups in total. The maximum absolute atomic E-state index is 9.27. The van der Waals surface area contributed by atoms with Crippen LogP contribution in [0.4, 0.5) is 0 Å². The van der Waals surface area contributed by atoms with E-state index in [1.165, 1.54) is 16.5 Å². The van der Waals surface area contributed by atoms with Crippen LogP contribution in [0.5, 0.6) is 0 Å². The molecule has 0 aliphatic rings. The summed E-state index contributed by atoms with van der Waals surface area (Å²) in [6.07, 6.45) is 3.83. The Labute approximate surface area is 249 Å². The average molecular weight is 550 g/mol. The van der Waals surface area contributed by atoms with Crippen LogP contribution in [-0.4, -0.2) is 5.71 Å². The molecule has 8 aromatic rings. The van der Waals surface area contributed by atoms with E-state index in [9.17, 15) is 5.41 Å². The zero-order valence-corrected chi connectivity index (χ0v) is 23.5. The Hall–Kier alpha value is -5.73. The van der Waals surface area contributed by atoms with Crippen LogP contribution in [0.15, 0.2) is 157 Å². The molecule has 0 spiro atoms. The van der Waals surface area contributed by atoms with Crippen molar-refractivity contribution in [2.24, 2.45) is 0 Å². The number of rotatable bonds is 5. The number of nitrogens with one attached hydrogen (secondary N) is 1. The fourth-order valence-electron chi connectivity index (χ4n) is 6.36. The summed E-state index contributed by atoms with van der Waals surface area (Å²) >= 11 is 0. The topological polar surface area (TPSA) is 37.0 Å². The van der Waals surface area contributed by atoms with Gasteiger partial charge in [0.05, 0.1) is 5.71 Å². The first-order chi connectivity index (χ1) is 21.2. The van der Waals surface area contributed by atoms with E-state index in [1.54, 1.807) is 0 Å². The lowest BCUT2D eigenvalue weighted by Crippen LogP contribution is -2.00. The molecule has 1 aromatic heterocycles. The highest BCUT2D eigenvalue weighted by Gasteiger charge is 2.17. The van der Waals surface area contributed by atoms with Crippen molar-refractivity contribution in [3.63, 3.8) is 0 Å². The van der Waals surface area contributed by atoms with E-state index in [-0.39, 0.29) is 0 Å². The molecule has 0 amide bonds. The molecule has 2 heteroatoms. The van der Waals surface area contributed by atoms with Gasteiger partial charge in [0, 0.05) is 16.3 Å². The molecule has 0 saturated heterocycles. The van der Waals surface area contributed by atoms with Crippen molar-refractivity contribution < 1.29 is 4.42 Å². The number of hydrogen-bond acceptors (Lipinski definition) is 2. The van der Waals surface area contributed by atoms with Gasteiger partial charge in [0.1, 0.15) is 11.2 Å². The van der Waals surface area contributed by atoms with Crippen LogP contribution in [0, 0.1) is 5.41 Å². The van der Waals surface area contributed by atoms with Gasteiger partial charge in [0.15, 0.2) is 0 Å². The van der Waals surface area contributed by atoms with Crippen LogP contribution in [-0.2, 0) is 0 Å². The van der Waals surface area contributed by atoms with Gasteiger partial charge < -0.3 is 9.83 Å². The monoisotopic (exact) mass is 549 g/mol. The Morgan fingerprint density at radius 2 is 1.12 bits per heavy atom. The van der Waals surface area contributed by atoms with Crippen molar-refractivity contribution in [3.8, 4) is 11.1 Å². The van der Waals surface area contributed by atoms with Crippen molar-refractivity contribution in [1.29, 1.82) is 5.41 Å². The van der Waals surface area contributed by atoms with E-state index in [0.717, 1.165) is 65.6 Å². The minimum absolute atomic E-state index is 0.453. The fourth-order valence-corrected chi connectivity index (χ4v) is 6.36. The summed E-state index contributed by atoms with van der Waals surface area (Å²) in [6, 6.07) is 46.2. The summed E-state index contributed by atoms with van der Waals surface area (Å²) in [7, 11) is 0. The third kappa shape index (κ3) is 4.15. The molecule has 0 bridgehead atoms. The summed E-state index contributed by atoms with van der Waals surface area (Å²) in [5.74, 6) is 0. The highest BCUT2D eigenvalue weighted by molar-refractivity contribution is 6.28. The van der Waals surface area contributed by atoms with Crippen LogP contribution in [0.3, 0.4) is 0 Å². The van der Waals surface area contributed by atoms with Crippen LogP contribution < -0.4 is 0 Å². The van der Waals surface area contributed by atoms with Crippen LogP contribution in [0.25, 0.3) is 71.0 Å². The molecule has 0 unspecified atom stereocenters. The summed E-state index contributed by atoms with van der Waals surface area (Å²) in [6.45, 7) is 4.38. The van der Waals surface area contributed by atoms with E-state index in [0.29, 0.717) is 5.71 Å². The molecule has 43 heavy (non-hydrogen) atoms. The van der Waals surface area contributed by atoms with Crippen LogP contribution in [0.1, 0.15) is 11.1 Å². The third-order valence-corrected chi connectivity index (χ3v) is 8.42. The Bertz CT molecular complexity index is 2370. The van der Waals surface area contributed by atoms with Crippen molar-refractivity contribution in [1.82, 2.24) is 0 Å². The number of fused-ring (bicyclic) bond motifs is 6. The molecular weight excluding hydrogens is 522 g/mol. The summed E-state index contributed by atoms with van der Waals surface area (Å²) in [5.41, 5.74) is 7.34. The summed E-state index contributed by atoms with van der Waals surface area (Å²) in [4.78, 5) is 0. The molecule has 0 fully saturated rings. The van der Waals surface area contributed by atoms with Gasteiger partial charge in [0.25, 0.3) is 0 Å². The number of benzene rings is 7. The minimum atomic E-state index is 0.453. The Balaban J connectivity index is 1.21. The van der Waals surface area contributed by atoms with Crippen molar-refractivity contribution >= 4 is 65.5 Å². The Kier molecular flexibility index (Phi) is 5.80. The normalized spacial score (nSPS) is 11.8. The maximum Gasteiger partial charge on any atom is 0.136 e. The van der Waals surface area contributed by atoms with Crippen molar-refractivity contribution in [2.45, 2.75) is 0 Å². The largest absolute Gasteiger partial charge is 0.456 e. The average Bonchev–Trinajstić information content (AvgIpc) is 3.41. The lowest BCUT2D eigenvalue weighted by molar-refractivity contribution is 0.669. The standard InChI is InChI=1S/C41H27NO/c1-26(28-20-22-38-35(23-28)36-24-29-13-5-6-14-30(29)25-39(36)43-38)19-21-37(42)41-33-17-9-7-15-31(33)40(27-11-3-2-4-12-27)32-16-8-10-18-34(32)41/h2-25,42H,1H2/b21-19-,42-37?. The zero-order chi connectivity index (χ0) is 28.9. The van der Waals surface area contributed by atoms with Crippen molar-refractivity contribution in [3.05, 3.63) is 163 Å². The first-order valence-corrected chi connectivity index (χ1v) is 14.5. The van der Waals surface area contributed by atoms with Gasteiger partial charge in [-0.25, -0.2) is 0 Å². The van der Waals surface area contributed by atoms with Gasteiger partial charge >= 0.3 is 0 Å². The second-order valence-corrected chi connectivity index (χ2v) is 11.0. The second-order valence-electron chi connectivity index (χ2n) is 11.0. The Morgan fingerprint density at radius 3 is 1.81 bits per heavy atom. The molecule has 0 radical (unpaired) electrons. The lowest BCUT2D eigenvalue weighted by atomic mass is 9.86. The lowest BCUT2D eigenvalue weighted by Gasteiger charge is -2.17. The molecular formula is C41H27NO. The number of hydrogen-bond donors (Lipinski definition) is 1. The van der Waals surface area contributed by atoms with E-state index < -0.39 is 0 Å². The number of furan rings is 1. The first-order valence-electron chi connectivity index (χ1n) is 14.5. The highest BCUT2D eigenvalue weighted by Crippen LogP contribution is 2.40. The predicted octanol–water partition coefficient (Wildman–Crippen LogP) is 11.4. The van der Waals surface area contributed by atoms with E-state index in [1.807, 2.05) is 36.4 Å². The van der Waals surface area contributed by atoms with Gasteiger partial charge in [0.2, 0.25) is 0 Å². The molecule has 2 nitrogen and oxygen atoms in total. The minimum Gasteiger partial charge on any atom is -0.456 e. The molecule has 1 heterocycles. The molecule has 7 aromatic carbocycles. The van der Waals surface area contributed by atoms with E-state index >= 15 is 0 Å². The Morgan fingerprint density at radius 1 is 0.535 bits per heavy atom. The number of allylic oxidation sites excluding steroid dienone is 3. The van der Waals surface area contributed by atoms with Gasteiger partial charge in [-0.2, -0.15) is 0 Å². The SMILES string of the molecule is C=C(/C=C\C(=N)c1c2ccccc2c(-c2ccccc2)c2ccccc12)c1ccc2oc3cc4ccccc4cc3c2c1. The maximum atomic E-state index is 9.27. The van der Waals surface area contributed by atoms with Gasteiger partial charge in [-0.05, 0) is 84.9 Å². The molecule has 0 aliphatic carbocycles. The van der Waals surface area contributed by atoms with Gasteiger partial charge in [-0.15, -0.1) is 0 Å². The van der Waals surface area contributed by atoms with E-state index in [4.69, 9.17) is 4.42 Å². The van der Waals surface area contributed by atoms with Gasteiger partial charge in [-0.1, -0.05) is 122 Å². The fraction of sp³-hybridized carbons (Fsp3) is 0. The highest BCUT2D eigenvalue weighted by atomic mass is 16.3. The van der Waals surface area contributed by atoms with Crippen molar-refractivity contribution in [2.75, 3.05) is 0 Å². The molecule has 0 aliphatic heterocycles. The molecule has 202 valence electrons. The summed E-state index contributed by atoms with van der Waals surface area (Å²) < 4.78 is 6.19. The zero-order valence-electron chi connectivity index (χ0n) is 23.5. The molecule has 0 atom stereocenters. The summed E-state index contributed by atoms with van der Waals surface area (Å²) in [5, 5.41) is 18.2. The van der Waals surface area contributed by atoms with E-state index in [2.05, 4.69) is 116 Å².